The van der Waals surface area contributed by atoms with Gasteiger partial charge in [0, 0.05) is 18.9 Å². The average Bonchev–Trinajstić information content (AvgIpc) is 2.39. The Morgan fingerprint density at radius 1 is 1.45 bits per heavy atom. The van der Waals surface area contributed by atoms with E-state index in [1.165, 1.54) is 6.42 Å². The highest BCUT2D eigenvalue weighted by Crippen LogP contribution is 1.94. The highest BCUT2D eigenvalue weighted by molar-refractivity contribution is 5.82. The van der Waals surface area contributed by atoms with Crippen molar-refractivity contribution in [3.05, 3.63) is 30.9 Å². The number of carbonyl (C=O) groups excluding carboxylic acids is 1. The maximum absolute atomic E-state index is 10.3. The molecule has 11 heavy (non-hydrogen) atoms. The third-order valence-electron chi connectivity index (χ3n) is 1.40. The van der Waals surface area contributed by atoms with Crippen molar-refractivity contribution < 1.29 is 4.79 Å². The molecule has 3 nitrogen and oxygen atoms in total. The largest absolute Gasteiger partial charge is 0.369 e. The van der Waals surface area contributed by atoms with Crippen LogP contribution < -0.4 is 5.73 Å². The normalized spacial score (nSPS) is 9.82. The molecule has 0 saturated carbocycles. The fraction of sp³-hybridized carbons (Fsp3) is 0.250. The summed E-state index contributed by atoms with van der Waals surface area (Å²) >= 11 is 0. The van der Waals surface area contributed by atoms with Crippen LogP contribution in [0.15, 0.2) is 24.5 Å². The lowest BCUT2D eigenvalue weighted by molar-refractivity contribution is -0.115. The molecule has 0 aliphatic rings. The maximum Gasteiger partial charge on any atom is 0.221 e. The van der Waals surface area contributed by atoms with Crippen LogP contribution in [0.4, 0.5) is 0 Å². The minimum atomic E-state index is -0.350. The van der Waals surface area contributed by atoms with Gasteiger partial charge in [0.1, 0.15) is 0 Å². The molecule has 0 fully saturated rings. The zero-order valence-electron chi connectivity index (χ0n) is 6.23. The Labute approximate surface area is 65.8 Å². The molecule has 0 saturated heterocycles. The highest BCUT2D eigenvalue weighted by Gasteiger charge is 1.94. The number of hydrogen-bond donors (Lipinski definition) is 1. The molecule has 1 aromatic rings. The van der Waals surface area contributed by atoms with Crippen molar-refractivity contribution in [3.63, 3.8) is 0 Å². The van der Waals surface area contributed by atoms with Crippen LogP contribution >= 0.6 is 0 Å². The third-order valence-corrected chi connectivity index (χ3v) is 1.40. The number of carbonyl (C=O) groups is 1. The van der Waals surface area contributed by atoms with Crippen molar-refractivity contribution in [1.29, 1.82) is 0 Å². The minimum absolute atomic E-state index is 0.350. The van der Waals surface area contributed by atoms with Gasteiger partial charge in [0.05, 0.1) is 6.42 Å². The van der Waals surface area contributed by atoms with Crippen LogP contribution in [0.2, 0.25) is 0 Å². The van der Waals surface area contributed by atoms with Gasteiger partial charge in [-0.3, -0.25) is 4.79 Å². The predicted octanol–water partition coefficient (Wildman–Crippen LogP) is 0.568. The summed E-state index contributed by atoms with van der Waals surface area (Å²) in [5.41, 5.74) is 4.93. The quantitative estimate of drug-likeness (QED) is 0.671. The molecule has 0 bridgehead atoms. The summed E-state index contributed by atoms with van der Waals surface area (Å²) in [6.45, 7) is 0.815. The Bertz CT molecular complexity index is 216. The van der Waals surface area contributed by atoms with Crippen molar-refractivity contribution in [2.75, 3.05) is 0 Å². The second kappa shape index (κ2) is 3.81. The van der Waals surface area contributed by atoms with Crippen LogP contribution in [0.1, 0.15) is 6.42 Å². The molecule has 2 N–H and O–H groups in total. The van der Waals surface area contributed by atoms with Gasteiger partial charge in [-0.15, -0.1) is 0 Å². The molecule has 1 heterocycles. The number of amides is 1. The monoisotopic (exact) mass is 151 g/mol. The van der Waals surface area contributed by atoms with E-state index in [9.17, 15) is 4.79 Å². The standard InChI is InChI=1S/C8H11N2O/c9-8(11)4-3-7-10-5-1-2-6-10/h1-2,4-6H,3,7H2,(H2,9,11). The lowest BCUT2D eigenvalue weighted by Gasteiger charge is -1.98. The average molecular weight is 151 g/mol. The highest BCUT2D eigenvalue weighted by atomic mass is 16.1. The predicted molar refractivity (Wildman–Crippen MR) is 42.5 cm³/mol. The smallest absolute Gasteiger partial charge is 0.221 e. The van der Waals surface area contributed by atoms with Crippen LogP contribution in [0.5, 0.6) is 0 Å². The summed E-state index contributed by atoms with van der Waals surface area (Å²) in [4.78, 5) is 10.3. The van der Waals surface area contributed by atoms with Gasteiger partial charge in [-0.1, -0.05) is 0 Å². The van der Waals surface area contributed by atoms with Gasteiger partial charge in [-0.25, -0.2) is 0 Å². The fourth-order valence-electron chi connectivity index (χ4n) is 0.875. The number of rotatable bonds is 4. The molecule has 0 atom stereocenters. The van der Waals surface area contributed by atoms with Crippen molar-refractivity contribution in [3.8, 4) is 0 Å². The van der Waals surface area contributed by atoms with E-state index in [2.05, 4.69) is 0 Å². The molecule has 3 heteroatoms. The Hall–Kier alpha value is -1.25. The summed E-state index contributed by atoms with van der Waals surface area (Å²) in [5, 5.41) is 0. The number of aromatic nitrogens is 1. The van der Waals surface area contributed by atoms with E-state index in [1.54, 1.807) is 0 Å². The van der Waals surface area contributed by atoms with Gasteiger partial charge in [0.15, 0.2) is 0 Å². The number of nitrogens with zero attached hydrogens (tertiary/aromatic N) is 1. The first-order valence-corrected chi connectivity index (χ1v) is 3.52. The SMILES string of the molecule is NC(=O)[CH]CCn1cccc1. The van der Waals surface area contributed by atoms with Crippen LogP contribution in [-0.4, -0.2) is 10.5 Å². The van der Waals surface area contributed by atoms with E-state index in [4.69, 9.17) is 5.73 Å². The molecule has 0 unspecified atom stereocenters. The first-order chi connectivity index (χ1) is 5.29. The first-order valence-electron chi connectivity index (χ1n) is 3.52. The van der Waals surface area contributed by atoms with Crippen LogP contribution in [-0.2, 0) is 11.3 Å². The molecule has 0 aromatic carbocycles. The number of aryl methyl sites for hydroxylation is 1. The molecular formula is C8H11N2O. The zero-order valence-corrected chi connectivity index (χ0v) is 6.23. The number of primary amides is 1. The summed E-state index contributed by atoms with van der Waals surface area (Å²) in [5.74, 6) is -0.350. The molecule has 1 amide bonds. The van der Waals surface area contributed by atoms with Crippen molar-refractivity contribution in [2.24, 2.45) is 5.73 Å². The van der Waals surface area contributed by atoms with Crippen LogP contribution in [0.25, 0.3) is 0 Å². The topological polar surface area (TPSA) is 48.0 Å². The number of nitrogens with two attached hydrogens (primary N) is 1. The van der Waals surface area contributed by atoms with E-state index in [1.807, 2.05) is 29.1 Å². The third kappa shape index (κ3) is 2.89. The molecule has 0 spiro atoms. The zero-order chi connectivity index (χ0) is 8.10. The Balaban J connectivity index is 2.19. The summed E-state index contributed by atoms with van der Waals surface area (Å²) in [7, 11) is 0. The van der Waals surface area contributed by atoms with Gasteiger partial charge in [-0.05, 0) is 18.6 Å². The van der Waals surface area contributed by atoms with E-state index in [-0.39, 0.29) is 5.91 Å². The van der Waals surface area contributed by atoms with Crippen molar-refractivity contribution >= 4 is 5.91 Å². The summed E-state index contributed by atoms with van der Waals surface area (Å²) < 4.78 is 2.00. The Morgan fingerprint density at radius 3 is 2.64 bits per heavy atom. The van der Waals surface area contributed by atoms with Crippen molar-refractivity contribution in [2.45, 2.75) is 13.0 Å². The van der Waals surface area contributed by atoms with Gasteiger partial charge < -0.3 is 10.3 Å². The second-order valence-corrected chi connectivity index (χ2v) is 2.32. The van der Waals surface area contributed by atoms with E-state index < -0.39 is 0 Å². The van der Waals surface area contributed by atoms with E-state index in [0.717, 1.165) is 6.54 Å². The molecule has 0 aliphatic heterocycles. The molecule has 59 valence electrons. The van der Waals surface area contributed by atoms with Gasteiger partial charge >= 0.3 is 0 Å². The van der Waals surface area contributed by atoms with Gasteiger partial charge in [-0.2, -0.15) is 0 Å². The fourth-order valence-corrected chi connectivity index (χ4v) is 0.875. The molecule has 0 aliphatic carbocycles. The van der Waals surface area contributed by atoms with Gasteiger partial charge in [0.25, 0.3) is 0 Å². The Kier molecular flexibility index (Phi) is 2.72. The van der Waals surface area contributed by atoms with Gasteiger partial charge in [0.2, 0.25) is 5.91 Å². The minimum Gasteiger partial charge on any atom is -0.369 e. The molecule has 1 rings (SSSR count). The second-order valence-electron chi connectivity index (χ2n) is 2.32. The summed E-state index contributed by atoms with van der Waals surface area (Å²) in [6, 6.07) is 3.90. The van der Waals surface area contributed by atoms with Crippen LogP contribution in [0.3, 0.4) is 0 Å². The van der Waals surface area contributed by atoms with Crippen LogP contribution in [0, 0.1) is 6.42 Å². The molecule has 1 aromatic heterocycles. The van der Waals surface area contributed by atoms with E-state index in [0.29, 0.717) is 6.42 Å². The number of hydrogen-bond acceptors (Lipinski definition) is 1. The molecule has 1 radical (unpaired) electrons. The lowest BCUT2D eigenvalue weighted by Crippen LogP contribution is -2.11. The lowest BCUT2D eigenvalue weighted by atomic mass is 10.3. The van der Waals surface area contributed by atoms with Crippen molar-refractivity contribution in [1.82, 2.24) is 4.57 Å². The summed E-state index contributed by atoms with van der Waals surface area (Å²) in [6.07, 6.45) is 6.09. The Morgan fingerprint density at radius 2 is 2.09 bits per heavy atom. The molecular weight excluding hydrogens is 140 g/mol. The van der Waals surface area contributed by atoms with E-state index >= 15 is 0 Å². The first kappa shape index (κ1) is 7.85. The maximum atomic E-state index is 10.3.